The van der Waals surface area contributed by atoms with Gasteiger partial charge in [-0.05, 0) is 28.0 Å². The molecule has 0 fully saturated rings. The molecule has 3 aromatic rings. The van der Waals surface area contributed by atoms with Crippen molar-refractivity contribution in [2.24, 2.45) is 0 Å². The highest BCUT2D eigenvalue weighted by Crippen LogP contribution is 2.16. The van der Waals surface area contributed by atoms with Crippen LogP contribution in [0, 0.1) is 0 Å². The monoisotopic (exact) mass is 381 g/mol. The van der Waals surface area contributed by atoms with Crippen LogP contribution in [0.3, 0.4) is 0 Å². The molecule has 8 heteroatoms. The Bertz CT molecular complexity index is 865. The van der Waals surface area contributed by atoms with Crippen LogP contribution in [0.2, 0.25) is 0 Å². The Labute approximate surface area is 163 Å². The molecule has 0 aliphatic rings. The van der Waals surface area contributed by atoms with E-state index in [0.717, 1.165) is 16.7 Å². The third-order valence-corrected chi connectivity index (χ3v) is 4.15. The lowest BCUT2D eigenvalue weighted by atomic mass is 10.1. The fourth-order valence-electron chi connectivity index (χ4n) is 2.64. The Hall–Kier alpha value is -3.26. The Kier molecular flexibility index (Phi) is 7.08. The van der Waals surface area contributed by atoms with E-state index in [2.05, 4.69) is 20.8 Å². The fourth-order valence-corrected chi connectivity index (χ4v) is 2.64. The quantitative estimate of drug-likeness (QED) is 0.612. The number of alkyl carbamates (subject to hydrolysis) is 1. The number of carbonyl (C=O) groups is 1. The molecule has 0 unspecified atom stereocenters. The number of hydrogen-bond acceptors (Lipinski definition) is 6. The molecule has 0 aliphatic heterocycles. The van der Waals surface area contributed by atoms with Crippen molar-refractivity contribution >= 4 is 6.09 Å². The largest absolute Gasteiger partial charge is 0.445 e. The zero-order valence-corrected chi connectivity index (χ0v) is 15.7. The first-order valence-corrected chi connectivity index (χ1v) is 9.05. The fraction of sp³-hybridized carbons (Fsp3) is 0.300. The van der Waals surface area contributed by atoms with Gasteiger partial charge in [0.15, 0.2) is 5.82 Å². The average Bonchev–Trinajstić information content (AvgIpc) is 3.20. The molecule has 0 saturated carbocycles. The zero-order chi connectivity index (χ0) is 19.6. The molecular formula is C20H23N5O3. The topological polar surface area (TPSA) is 91.2 Å². The summed E-state index contributed by atoms with van der Waals surface area (Å²) in [6.07, 6.45) is 0.285. The van der Waals surface area contributed by atoms with Gasteiger partial charge in [0.25, 0.3) is 0 Å². The minimum atomic E-state index is -0.419. The molecule has 0 radical (unpaired) electrons. The number of nitrogens with one attached hydrogen (secondary N) is 1. The first-order valence-electron chi connectivity index (χ1n) is 9.05. The highest BCUT2D eigenvalue weighted by molar-refractivity contribution is 5.67. The van der Waals surface area contributed by atoms with Crippen molar-refractivity contribution in [3.05, 3.63) is 65.7 Å². The molecule has 8 nitrogen and oxygen atoms in total. The summed E-state index contributed by atoms with van der Waals surface area (Å²) >= 11 is 0. The van der Waals surface area contributed by atoms with Gasteiger partial charge in [-0.1, -0.05) is 54.6 Å². The van der Waals surface area contributed by atoms with Crippen molar-refractivity contribution in [3.8, 4) is 11.4 Å². The Morgan fingerprint density at radius 2 is 1.86 bits per heavy atom. The lowest BCUT2D eigenvalue weighted by Crippen LogP contribution is -2.26. The normalized spacial score (nSPS) is 10.6. The van der Waals surface area contributed by atoms with E-state index in [1.807, 2.05) is 54.6 Å². The van der Waals surface area contributed by atoms with Crippen LogP contribution in [0.4, 0.5) is 4.79 Å². The molecule has 146 valence electrons. The molecule has 0 bridgehead atoms. The summed E-state index contributed by atoms with van der Waals surface area (Å²) in [6.45, 7) is 1.90. The second-order valence-electron chi connectivity index (χ2n) is 6.15. The summed E-state index contributed by atoms with van der Waals surface area (Å²) in [6, 6.07) is 17.5. The molecule has 3 rings (SSSR count). The summed E-state index contributed by atoms with van der Waals surface area (Å²) in [5.41, 5.74) is 2.99. The summed E-state index contributed by atoms with van der Waals surface area (Å²) in [7, 11) is 1.64. The van der Waals surface area contributed by atoms with E-state index in [-0.39, 0.29) is 6.61 Å². The van der Waals surface area contributed by atoms with Gasteiger partial charge >= 0.3 is 6.09 Å². The van der Waals surface area contributed by atoms with E-state index < -0.39 is 6.09 Å². The van der Waals surface area contributed by atoms with Gasteiger partial charge in [-0.15, -0.1) is 5.10 Å². The maximum atomic E-state index is 11.8. The highest BCUT2D eigenvalue weighted by atomic mass is 16.5. The summed E-state index contributed by atoms with van der Waals surface area (Å²) in [5, 5.41) is 14.5. The number of hydrogen-bond donors (Lipinski definition) is 1. The van der Waals surface area contributed by atoms with E-state index in [1.54, 1.807) is 11.8 Å². The lowest BCUT2D eigenvalue weighted by Gasteiger charge is -2.08. The SMILES string of the molecule is COCCn1nnnc1-c1ccc(CCNC(=O)OCc2ccccc2)cc1. The van der Waals surface area contributed by atoms with Gasteiger partial charge in [-0.2, -0.15) is 0 Å². The number of methoxy groups -OCH3 is 1. The van der Waals surface area contributed by atoms with E-state index in [9.17, 15) is 4.79 Å². The molecule has 1 amide bonds. The minimum absolute atomic E-state index is 0.263. The van der Waals surface area contributed by atoms with Crippen LogP contribution in [0.25, 0.3) is 11.4 Å². The van der Waals surface area contributed by atoms with Crippen molar-refractivity contribution < 1.29 is 14.3 Å². The summed E-state index contributed by atoms with van der Waals surface area (Å²) < 4.78 is 12.0. The average molecular weight is 381 g/mol. The maximum absolute atomic E-state index is 11.8. The summed E-state index contributed by atoms with van der Waals surface area (Å²) in [4.78, 5) is 11.8. The second-order valence-corrected chi connectivity index (χ2v) is 6.15. The molecule has 0 saturated heterocycles. The van der Waals surface area contributed by atoms with Crippen molar-refractivity contribution in [1.29, 1.82) is 0 Å². The molecule has 0 spiro atoms. The molecule has 0 aliphatic carbocycles. The summed E-state index contributed by atoms with van der Waals surface area (Å²) in [5.74, 6) is 0.700. The molecule has 28 heavy (non-hydrogen) atoms. The number of benzene rings is 2. The number of rotatable bonds is 9. The Morgan fingerprint density at radius 3 is 2.61 bits per heavy atom. The number of carbonyl (C=O) groups excluding carboxylic acids is 1. The first kappa shape index (κ1) is 19.5. The maximum Gasteiger partial charge on any atom is 0.407 e. The second kappa shape index (κ2) is 10.2. The van der Waals surface area contributed by atoms with Gasteiger partial charge in [0.05, 0.1) is 13.2 Å². The predicted octanol–water partition coefficient (Wildman–Crippen LogP) is 2.46. The third kappa shape index (κ3) is 5.62. The molecule has 2 aromatic carbocycles. The van der Waals surface area contributed by atoms with Gasteiger partial charge in [0, 0.05) is 19.2 Å². The molecule has 0 atom stereocenters. The van der Waals surface area contributed by atoms with Crippen LogP contribution in [0.15, 0.2) is 54.6 Å². The van der Waals surface area contributed by atoms with E-state index in [4.69, 9.17) is 9.47 Å². The number of ether oxygens (including phenoxy) is 2. The lowest BCUT2D eigenvalue weighted by molar-refractivity contribution is 0.140. The molecular weight excluding hydrogens is 358 g/mol. The van der Waals surface area contributed by atoms with E-state index >= 15 is 0 Å². The van der Waals surface area contributed by atoms with Crippen molar-refractivity contribution in [3.63, 3.8) is 0 Å². The first-order chi connectivity index (χ1) is 13.8. The number of nitrogens with zero attached hydrogens (tertiary/aromatic N) is 4. The molecule has 1 N–H and O–H groups in total. The number of aromatic nitrogens is 4. The number of tetrazole rings is 1. The van der Waals surface area contributed by atoms with Gasteiger partial charge in [0.1, 0.15) is 6.61 Å². The predicted molar refractivity (Wildman–Crippen MR) is 103 cm³/mol. The van der Waals surface area contributed by atoms with Crippen molar-refractivity contribution in [1.82, 2.24) is 25.5 Å². The molecule has 1 heterocycles. The van der Waals surface area contributed by atoms with Crippen LogP contribution in [0.1, 0.15) is 11.1 Å². The smallest absolute Gasteiger partial charge is 0.407 e. The van der Waals surface area contributed by atoms with Gasteiger partial charge in [0.2, 0.25) is 0 Å². The van der Waals surface area contributed by atoms with E-state index in [0.29, 0.717) is 31.9 Å². The van der Waals surface area contributed by atoms with Gasteiger partial charge < -0.3 is 14.8 Å². The highest BCUT2D eigenvalue weighted by Gasteiger charge is 2.09. The standard InChI is InChI=1S/C20H23N5O3/c1-27-14-13-25-19(22-23-24-25)18-9-7-16(8-10-18)11-12-21-20(26)28-15-17-5-3-2-4-6-17/h2-10H,11-15H2,1H3,(H,21,26). The van der Waals surface area contributed by atoms with Crippen LogP contribution in [-0.4, -0.2) is 46.6 Å². The zero-order valence-electron chi connectivity index (χ0n) is 15.7. The Morgan fingerprint density at radius 1 is 1.07 bits per heavy atom. The van der Waals surface area contributed by atoms with Gasteiger partial charge in [-0.25, -0.2) is 9.48 Å². The Balaban J connectivity index is 1.44. The van der Waals surface area contributed by atoms with Crippen LogP contribution >= 0.6 is 0 Å². The van der Waals surface area contributed by atoms with Crippen LogP contribution in [0.5, 0.6) is 0 Å². The molecule has 1 aromatic heterocycles. The minimum Gasteiger partial charge on any atom is -0.445 e. The third-order valence-electron chi connectivity index (χ3n) is 4.15. The van der Waals surface area contributed by atoms with Gasteiger partial charge in [-0.3, -0.25) is 0 Å². The van der Waals surface area contributed by atoms with Crippen molar-refractivity contribution in [2.75, 3.05) is 20.3 Å². The number of amides is 1. The van der Waals surface area contributed by atoms with E-state index in [1.165, 1.54) is 0 Å². The van der Waals surface area contributed by atoms with Crippen LogP contribution in [-0.2, 0) is 29.0 Å². The van der Waals surface area contributed by atoms with Crippen LogP contribution < -0.4 is 5.32 Å². The van der Waals surface area contributed by atoms with Crippen molar-refractivity contribution in [2.45, 2.75) is 19.6 Å².